The molecule has 0 radical (unpaired) electrons. The van der Waals surface area contributed by atoms with Gasteiger partial charge < -0.3 is 15.5 Å². The third kappa shape index (κ3) is 4.17. The van der Waals surface area contributed by atoms with Crippen LogP contribution in [0.2, 0.25) is 0 Å². The van der Waals surface area contributed by atoms with Gasteiger partial charge in [0.25, 0.3) is 0 Å². The molecule has 2 N–H and O–H groups in total. The van der Waals surface area contributed by atoms with Gasteiger partial charge in [0.2, 0.25) is 0 Å². The molecular weight excluding hydrogens is 234 g/mol. The van der Waals surface area contributed by atoms with Gasteiger partial charge in [0, 0.05) is 19.1 Å². The van der Waals surface area contributed by atoms with Crippen molar-refractivity contribution in [1.29, 1.82) is 0 Å². The van der Waals surface area contributed by atoms with Crippen molar-refractivity contribution in [3.63, 3.8) is 0 Å². The maximum Gasteiger partial charge on any atom is 0.0217 e. The highest BCUT2D eigenvalue weighted by Gasteiger charge is 2.33. The van der Waals surface area contributed by atoms with Crippen molar-refractivity contribution in [3.05, 3.63) is 0 Å². The number of likely N-dealkylation sites (tertiary alicyclic amines) is 1. The van der Waals surface area contributed by atoms with Crippen LogP contribution < -0.4 is 5.73 Å². The third-order valence-corrected chi connectivity index (χ3v) is 5.37. The highest BCUT2D eigenvalue weighted by molar-refractivity contribution is 4.88. The summed E-state index contributed by atoms with van der Waals surface area (Å²) in [6.45, 7) is 4.66. The van der Waals surface area contributed by atoms with Crippen molar-refractivity contribution in [2.24, 2.45) is 11.1 Å². The molecule has 0 aromatic rings. The van der Waals surface area contributed by atoms with Crippen LogP contribution in [0.1, 0.15) is 51.4 Å². The maximum atomic E-state index is 6.18. The molecule has 19 heavy (non-hydrogen) atoms. The lowest BCUT2D eigenvalue weighted by atomic mass is 9.79. The second-order valence-corrected chi connectivity index (χ2v) is 7.11. The molecule has 1 aliphatic heterocycles. The molecule has 1 aliphatic carbocycles. The van der Waals surface area contributed by atoms with Gasteiger partial charge in [-0.1, -0.05) is 25.7 Å². The molecule has 3 nitrogen and oxygen atoms in total. The summed E-state index contributed by atoms with van der Waals surface area (Å²) in [7, 11) is 4.44. The van der Waals surface area contributed by atoms with Gasteiger partial charge >= 0.3 is 0 Å². The van der Waals surface area contributed by atoms with E-state index in [2.05, 4.69) is 23.9 Å². The number of hydrogen-bond acceptors (Lipinski definition) is 3. The Labute approximate surface area is 119 Å². The zero-order chi connectivity index (χ0) is 13.7. The highest BCUT2D eigenvalue weighted by atomic mass is 15.2. The number of rotatable bonds is 4. The molecule has 2 rings (SSSR count). The Hall–Kier alpha value is -0.120. The fourth-order valence-electron chi connectivity index (χ4n) is 3.98. The van der Waals surface area contributed by atoms with Crippen LogP contribution in [0.3, 0.4) is 0 Å². The summed E-state index contributed by atoms with van der Waals surface area (Å²) in [6.07, 6.45) is 11.0. The molecule has 3 heteroatoms. The first kappa shape index (κ1) is 15.3. The Morgan fingerprint density at radius 1 is 1.11 bits per heavy atom. The number of nitrogens with zero attached hydrogens (tertiary/aromatic N) is 2. The van der Waals surface area contributed by atoms with Crippen molar-refractivity contribution in [2.45, 2.75) is 57.4 Å². The molecule has 1 heterocycles. The molecule has 112 valence electrons. The summed E-state index contributed by atoms with van der Waals surface area (Å²) in [4.78, 5) is 5.10. The van der Waals surface area contributed by atoms with Crippen LogP contribution in [0.15, 0.2) is 0 Å². The average molecular weight is 267 g/mol. The average Bonchev–Trinajstić information content (AvgIpc) is 2.65. The number of hydrogen-bond donors (Lipinski definition) is 1. The maximum absolute atomic E-state index is 6.18. The van der Waals surface area contributed by atoms with E-state index in [0.29, 0.717) is 5.41 Å². The molecule has 0 bridgehead atoms. The van der Waals surface area contributed by atoms with Gasteiger partial charge in [-0.2, -0.15) is 0 Å². The topological polar surface area (TPSA) is 32.5 Å². The van der Waals surface area contributed by atoms with Crippen LogP contribution in [0.25, 0.3) is 0 Å². The van der Waals surface area contributed by atoms with Gasteiger partial charge in [-0.3, -0.25) is 0 Å². The first-order valence-electron chi connectivity index (χ1n) is 8.24. The standard InChI is InChI=1S/C16H33N3/c1-18(2)15-8-7-11-19(12-15)14-16(13-17)9-5-3-4-6-10-16/h15H,3-14,17H2,1-2H3. The zero-order valence-electron chi connectivity index (χ0n) is 13.0. The predicted octanol–water partition coefficient (Wildman–Crippen LogP) is 2.31. The second-order valence-electron chi connectivity index (χ2n) is 7.11. The number of likely N-dealkylation sites (N-methyl/N-ethyl adjacent to an activating group) is 1. The number of piperidine rings is 1. The molecule has 1 saturated carbocycles. The smallest absolute Gasteiger partial charge is 0.0217 e. The molecule has 1 unspecified atom stereocenters. The summed E-state index contributed by atoms with van der Waals surface area (Å²) in [5, 5.41) is 0. The summed E-state index contributed by atoms with van der Waals surface area (Å²) < 4.78 is 0. The van der Waals surface area contributed by atoms with E-state index < -0.39 is 0 Å². The van der Waals surface area contributed by atoms with Crippen LogP contribution in [0.4, 0.5) is 0 Å². The van der Waals surface area contributed by atoms with E-state index in [4.69, 9.17) is 5.73 Å². The molecule has 2 aliphatic rings. The lowest BCUT2D eigenvalue weighted by molar-refractivity contribution is 0.0786. The van der Waals surface area contributed by atoms with Crippen molar-refractivity contribution in [1.82, 2.24) is 9.80 Å². The highest BCUT2D eigenvalue weighted by Crippen LogP contribution is 2.35. The minimum atomic E-state index is 0.421. The van der Waals surface area contributed by atoms with Crippen molar-refractivity contribution in [3.8, 4) is 0 Å². The minimum Gasteiger partial charge on any atom is -0.330 e. The van der Waals surface area contributed by atoms with E-state index in [1.54, 1.807) is 0 Å². The summed E-state index contributed by atoms with van der Waals surface area (Å²) in [6, 6.07) is 0.745. The monoisotopic (exact) mass is 267 g/mol. The van der Waals surface area contributed by atoms with Gasteiger partial charge in [-0.25, -0.2) is 0 Å². The van der Waals surface area contributed by atoms with Gasteiger partial charge in [0.1, 0.15) is 0 Å². The van der Waals surface area contributed by atoms with E-state index in [1.165, 1.54) is 71.0 Å². The SMILES string of the molecule is CN(C)C1CCCN(CC2(CN)CCCCCC2)C1. The molecule has 0 spiro atoms. The van der Waals surface area contributed by atoms with E-state index in [0.717, 1.165) is 12.6 Å². The Morgan fingerprint density at radius 2 is 1.79 bits per heavy atom. The molecule has 1 saturated heterocycles. The molecule has 0 amide bonds. The molecule has 2 fully saturated rings. The van der Waals surface area contributed by atoms with Gasteiger partial charge in [-0.15, -0.1) is 0 Å². The largest absolute Gasteiger partial charge is 0.330 e. The third-order valence-electron chi connectivity index (χ3n) is 5.37. The lowest BCUT2D eigenvalue weighted by Crippen LogP contribution is -2.50. The van der Waals surface area contributed by atoms with E-state index >= 15 is 0 Å². The van der Waals surface area contributed by atoms with Crippen LogP contribution in [0, 0.1) is 5.41 Å². The summed E-state index contributed by atoms with van der Waals surface area (Å²) in [5.74, 6) is 0. The fourth-order valence-corrected chi connectivity index (χ4v) is 3.98. The van der Waals surface area contributed by atoms with E-state index in [-0.39, 0.29) is 0 Å². The van der Waals surface area contributed by atoms with Crippen LogP contribution in [0.5, 0.6) is 0 Å². The minimum absolute atomic E-state index is 0.421. The van der Waals surface area contributed by atoms with E-state index in [1.807, 2.05) is 0 Å². The van der Waals surface area contributed by atoms with Crippen molar-refractivity contribution in [2.75, 3.05) is 40.3 Å². The van der Waals surface area contributed by atoms with Crippen LogP contribution >= 0.6 is 0 Å². The van der Waals surface area contributed by atoms with Crippen molar-refractivity contribution < 1.29 is 0 Å². The van der Waals surface area contributed by atoms with Gasteiger partial charge in [0.05, 0.1) is 0 Å². The molecule has 0 aromatic carbocycles. The van der Waals surface area contributed by atoms with Crippen molar-refractivity contribution >= 4 is 0 Å². The Bertz CT molecular complexity index is 257. The van der Waals surface area contributed by atoms with Gasteiger partial charge in [-0.05, 0) is 58.3 Å². The normalized spacial score (nSPS) is 29.4. The Morgan fingerprint density at radius 3 is 2.37 bits per heavy atom. The van der Waals surface area contributed by atoms with Crippen LogP contribution in [-0.4, -0.2) is 56.1 Å². The second kappa shape index (κ2) is 7.05. The summed E-state index contributed by atoms with van der Waals surface area (Å²) >= 11 is 0. The Kier molecular flexibility index (Phi) is 5.67. The zero-order valence-corrected chi connectivity index (χ0v) is 13.0. The van der Waals surface area contributed by atoms with E-state index in [9.17, 15) is 0 Å². The van der Waals surface area contributed by atoms with Gasteiger partial charge in [0.15, 0.2) is 0 Å². The molecule has 1 atom stereocenters. The molecular formula is C16H33N3. The first-order valence-corrected chi connectivity index (χ1v) is 8.24. The number of nitrogens with two attached hydrogens (primary N) is 1. The quantitative estimate of drug-likeness (QED) is 0.793. The van der Waals surface area contributed by atoms with Crippen LogP contribution in [-0.2, 0) is 0 Å². The Balaban J connectivity index is 1.93. The molecule has 0 aromatic heterocycles. The predicted molar refractivity (Wildman–Crippen MR) is 82.3 cm³/mol. The lowest BCUT2D eigenvalue weighted by Gasteiger charge is -2.42. The summed E-state index contributed by atoms with van der Waals surface area (Å²) in [5.41, 5.74) is 6.60. The fraction of sp³-hybridized carbons (Fsp3) is 1.00. The first-order chi connectivity index (χ1) is 9.15.